The molecule has 0 spiro atoms. The van der Waals surface area contributed by atoms with Crippen molar-refractivity contribution in [2.45, 2.75) is 17.7 Å². The number of hydrogen-bond donors (Lipinski definition) is 1. The van der Waals surface area contributed by atoms with E-state index in [2.05, 4.69) is 5.10 Å². The van der Waals surface area contributed by atoms with Crippen LogP contribution < -0.4 is 5.14 Å². The molecule has 4 rings (SSSR count). The summed E-state index contributed by atoms with van der Waals surface area (Å²) in [5.41, 5.74) is 1.90. The molecule has 0 bridgehead atoms. The second kappa shape index (κ2) is 6.32. The van der Waals surface area contributed by atoms with Gasteiger partial charge in [0.15, 0.2) is 5.76 Å². The fourth-order valence-electron chi connectivity index (χ4n) is 2.80. The number of rotatable bonds is 4. The number of hydrogen-bond acceptors (Lipinski definition) is 5. The molecule has 0 atom stereocenters. The van der Waals surface area contributed by atoms with E-state index in [0.717, 1.165) is 5.57 Å². The van der Waals surface area contributed by atoms with Gasteiger partial charge in [0, 0.05) is 11.1 Å². The highest BCUT2D eigenvalue weighted by Gasteiger charge is 2.24. The summed E-state index contributed by atoms with van der Waals surface area (Å²) in [4.78, 5) is 9.75. The van der Waals surface area contributed by atoms with E-state index in [1.807, 2.05) is 6.08 Å². The van der Waals surface area contributed by atoms with Crippen molar-refractivity contribution in [3.63, 3.8) is 0 Å². The summed E-state index contributed by atoms with van der Waals surface area (Å²) < 4.78 is 50.6. The Balaban J connectivity index is 1.79. The standard InChI is InChI=1S/C17H13F2N3O4S/c18-17(19)14-8-15(10-1-2-11-9-25-26-16(11)7-10)22(21-14)12-3-5-13(6-4-12)27(20,23)24/h1,3-9,17H,2H2,(H2,20,23,24). The molecule has 1 aliphatic carbocycles. The van der Waals surface area contributed by atoms with Crippen LogP contribution in [0.2, 0.25) is 0 Å². The quantitative estimate of drug-likeness (QED) is 0.806. The van der Waals surface area contributed by atoms with Gasteiger partial charge in [-0.05, 0) is 42.8 Å². The minimum atomic E-state index is -3.86. The van der Waals surface area contributed by atoms with Crippen LogP contribution in [0.1, 0.15) is 24.2 Å². The van der Waals surface area contributed by atoms with Gasteiger partial charge < -0.3 is 0 Å². The zero-order valence-electron chi connectivity index (χ0n) is 13.7. The predicted octanol–water partition coefficient (Wildman–Crippen LogP) is 2.97. The molecule has 0 amide bonds. The van der Waals surface area contributed by atoms with Gasteiger partial charge in [0.05, 0.1) is 16.3 Å². The molecular weight excluding hydrogens is 380 g/mol. The van der Waals surface area contributed by atoms with Gasteiger partial charge in [0.1, 0.15) is 12.0 Å². The van der Waals surface area contributed by atoms with Crippen molar-refractivity contribution in [3.8, 4) is 5.69 Å². The monoisotopic (exact) mass is 393 g/mol. The molecule has 1 aromatic heterocycles. The zero-order chi connectivity index (χ0) is 19.2. The molecule has 1 aliphatic heterocycles. The number of nitrogens with two attached hydrogens (primary N) is 1. The molecule has 140 valence electrons. The van der Waals surface area contributed by atoms with Crippen LogP contribution in [0.3, 0.4) is 0 Å². The van der Waals surface area contributed by atoms with Crippen molar-refractivity contribution in [3.05, 3.63) is 71.5 Å². The topological polar surface area (TPSA) is 96.4 Å². The first-order chi connectivity index (χ1) is 12.8. The summed E-state index contributed by atoms with van der Waals surface area (Å²) in [5.74, 6) is 0.503. The normalized spacial score (nSPS) is 16.2. The first kappa shape index (κ1) is 17.4. The third-order valence-corrected chi connectivity index (χ3v) is 5.06. The molecule has 2 aromatic rings. The Labute approximate surface area is 153 Å². The van der Waals surface area contributed by atoms with Crippen LogP contribution in [-0.4, -0.2) is 18.2 Å². The summed E-state index contributed by atoms with van der Waals surface area (Å²) in [7, 11) is -3.86. The van der Waals surface area contributed by atoms with Crippen molar-refractivity contribution in [2.24, 2.45) is 5.14 Å². The Hall–Kier alpha value is -2.98. The molecule has 0 radical (unpaired) electrons. The van der Waals surface area contributed by atoms with Crippen molar-refractivity contribution in [1.82, 2.24) is 9.78 Å². The highest BCUT2D eigenvalue weighted by Crippen LogP contribution is 2.35. The van der Waals surface area contributed by atoms with E-state index in [4.69, 9.17) is 14.9 Å². The van der Waals surface area contributed by atoms with Crippen LogP contribution in [0.25, 0.3) is 11.3 Å². The number of benzene rings is 1. The van der Waals surface area contributed by atoms with Crippen molar-refractivity contribution < 1.29 is 27.0 Å². The minimum absolute atomic E-state index is 0.0840. The van der Waals surface area contributed by atoms with E-state index < -0.39 is 22.1 Å². The highest BCUT2D eigenvalue weighted by atomic mass is 32.2. The fourth-order valence-corrected chi connectivity index (χ4v) is 3.31. The summed E-state index contributed by atoms with van der Waals surface area (Å²) in [6, 6.07) is 6.76. The van der Waals surface area contributed by atoms with E-state index in [-0.39, 0.29) is 4.90 Å². The first-order valence-electron chi connectivity index (χ1n) is 7.79. The van der Waals surface area contributed by atoms with Crippen molar-refractivity contribution in [2.75, 3.05) is 0 Å². The average molecular weight is 393 g/mol. The lowest BCUT2D eigenvalue weighted by Gasteiger charge is -2.12. The third kappa shape index (κ3) is 3.24. The van der Waals surface area contributed by atoms with Crippen molar-refractivity contribution >= 4 is 15.6 Å². The Kier molecular flexibility index (Phi) is 4.08. The summed E-state index contributed by atoms with van der Waals surface area (Å²) >= 11 is 0. The van der Waals surface area contributed by atoms with Crippen LogP contribution in [0.5, 0.6) is 0 Å². The van der Waals surface area contributed by atoms with E-state index in [1.165, 1.54) is 41.3 Å². The molecule has 0 fully saturated rings. The molecule has 27 heavy (non-hydrogen) atoms. The fraction of sp³-hybridized carbons (Fsp3) is 0.118. The number of fused-ring (bicyclic) bond motifs is 1. The van der Waals surface area contributed by atoms with Gasteiger partial charge in [-0.1, -0.05) is 6.08 Å². The maximum Gasteiger partial charge on any atom is 0.282 e. The Morgan fingerprint density at radius 1 is 1.22 bits per heavy atom. The van der Waals surface area contributed by atoms with Crippen LogP contribution in [-0.2, 0) is 19.8 Å². The van der Waals surface area contributed by atoms with Gasteiger partial charge in [-0.3, -0.25) is 9.78 Å². The number of sulfonamides is 1. The number of aromatic nitrogens is 2. The van der Waals surface area contributed by atoms with Gasteiger partial charge in [0.2, 0.25) is 10.0 Å². The number of halogens is 2. The lowest BCUT2D eigenvalue weighted by atomic mass is 9.99. The lowest BCUT2D eigenvalue weighted by molar-refractivity contribution is -0.191. The number of allylic oxidation sites excluding steroid dienone is 4. The second-order valence-electron chi connectivity index (χ2n) is 5.90. The van der Waals surface area contributed by atoms with Gasteiger partial charge in [0.25, 0.3) is 6.43 Å². The number of nitrogens with zero attached hydrogens (tertiary/aromatic N) is 2. The Bertz CT molecular complexity index is 1100. The number of alkyl halides is 2. The largest absolute Gasteiger partial charge is 0.297 e. The van der Waals surface area contributed by atoms with Crippen LogP contribution >= 0.6 is 0 Å². The maximum absolute atomic E-state index is 13.2. The molecule has 1 aromatic carbocycles. The second-order valence-corrected chi connectivity index (χ2v) is 7.46. The number of primary sulfonamides is 1. The SMILES string of the molecule is NS(=O)(=O)c1ccc(-n2nc(C(F)F)cc2C2=CCC3=COOC3=C2)cc1. The Morgan fingerprint density at radius 3 is 2.63 bits per heavy atom. The molecule has 2 heterocycles. The van der Waals surface area contributed by atoms with E-state index >= 15 is 0 Å². The first-order valence-corrected chi connectivity index (χ1v) is 9.34. The lowest BCUT2D eigenvalue weighted by Crippen LogP contribution is -2.12. The molecule has 0 saturated heterocycles. The predicted molar refractivity (Wildman–Crippen MR) is 90.8 cm³/mol. The third-order valence-electron chi connectivity index (χ3n) is 4.13. The van der Waals surface area contributed by atoms with Crippen LogP contribution in [0.4, 0.5) is 8.78 Å². The molecule has 0 saturated carbocycles. The average Bonchev–Trinajstić information content (AvgIpc) is 3.27. The summed E-state index contributed by atoms with van der Waals surface area (Å²) in [5, 5.41) is 9.05. The van der Waals surface area contributed by atoms with Gasteiger partial charge in [-0.2, -0.15) is 5.10 Å². The Morgan fingerprint density at radius 2 is 1.96 bits per heavy atom. The van der Waals surface area contributed by atoms with E-state index in [1.54, 1.807) is 6.08 Å². The highest BCUT2D eigenvalue weighted by molar-refractivity contribution is 7.89. The molecule has 7 nitrogen and oxygen atoms in total. The molecule has 0 unspecified atom stereocenters. The smallest absolute Gasteiger partial charge is 0.282 e. The summed E-state index contributed by atoms with van der Waals surface area (Å²) in [6.45, 7) is 0. The molecule has 10 heteroatoms. The van der Waals surface area contributed by atoms with Gasteiger partial charge in [-0.25, -0.2) is 27.0 Å². The van der Waals surface area contributed by atoms with E-state index in [0.29, 0.717) is 29.1 Å². The maximum atomic E-state index is 13.2. The molecule has 2 N–H and O–H groups in total. The van der Waals surface area contributed by atoms with Gasteiger partial charge >= 0.3 is 0 Å². The van der Waals surface area contributed by atoms with Crippen LogP contribution in [0, 0.1) is 0 Å². The van der Waals surface area contributed by atoms with Crippen LogP contribution in [0.15, 0.2) is 65.0 Å². The summed E-state index contributed by atoms with van der Waals surface area (Å²) in [6.07, 6.45) is 2.75. The zero-order valence-corrected chi connectivity index (χ0v) is 14.5. The van der Waals surface area contributed by atoms with Crippen molar-refractivity contribution in [1.29, 1.82) is 0 Å². The minimum Gasteiger partial charge on any atom is -0.297 e. The van der Waals surface area contributed by atoms with Gasteiger partial charge in [-0.15, -0.1) is 0 Å². The molecule has 2 aliphatic rings. The van der Waals surface area contributed by atoms with E-state index in [9.17, 15) is 17.2 Å². The molecular formula is C17H13F2N3O4S.